The zero-order valence-corrected chi connectivity index (χ0v) is 15.8. The van der Waals surface area contributed by atoms with Gasteiger partial charge in [-0.1, -0.05) is 53.8 Å². The molecule has 6 aromatic rings. The SMILES string of the molecule is Cc1c(-c2ccnc3nc(-c4ccccc4)nn23)sc2nc3ccccc3n12. The molecular formula is C21H14N6S. The lowest BCUT2D eigenvalue weighted by molar-refractivity contribution is 0.950. The lowest BCUT2D eigenvalue weighted by Crippen LogP contribution is -1.96. The fourth-order valence-corrected chi connectivity index (χ4v) is 4.73. The third kappa shape index (κ3) is 2.13. The molecule has 28 heavy (non-hydrogen) atoms. The van der Waals surface area contributed by atoms with Crippen LogP contribution in [0.1, 0.15) is 5.69 Å². The number of aromatic nitrogens is 6. The maximum Gasteiger partial charge on any atom is 0.253 e. The molecule has 0 N–H and O–H groups in total. The number of hydrogen-bond donors (Lipinski definition) is 0. The average molecular weight is 382 g/mol. The summed E-state index contributed by atoms with van der Waals surface area (Å²) in [5.41, 5.74) is 5.21. The van der Waals surface area contributed by atoms with Crippen LogP contribution in [-0.2, 0) is 0 Å². The lowest BCUT2D eigenvalue weighted by atomic mass is 10.2. The van der Waals surface area contributed by atoms with Crippen molar-refractivity contribution in [3.8, 4) is 22.0 Å². The second-order valence-electron chi connectivity index (χ2n) is 6.58. The van der Waals surface area contributed by atoms with E-state index in [9.17, 15) is 0 Å². The molecule has 4 aromatic heterocycles. The lowest BCUT2D eigenvalue weighted by Gasteiger charge is -2.02. The molecule has 0 aliphatic carbocycles. The smallest absolute Gasteiger partial charge is 0.253 e. The number of para-hydroxylation sites is 2. The van der Waals surface area contributed by atoms with E-state index < -0.39 is 0 Å². The molecular weight excluding hydrogens is 368 g/mol. The zero-order valence-electron chi connectivity index (χ0n) is 14.9. The van der Waals surface area contributed by atoms with Gasteiger partial charge in [0, 0.05) is 17.5 Å². The van der Waals surface area contributed by atoms with Crippen molar-refractivity contribution in [2.45, 2.75) is 6.92 Å². The summed E-state index contributed by atoms with van der Waals surface area (Å²) in [6.45, 7) is 2.12. The number of thiazole rings is 1. The maximum atomic E-state index is 4.78. The summed E-state index contributed by atoms with van der Waals surface area (Å²) >= 11 is 1.66. The van der Waals surface area contributed by atoms with Gasteiger partial charge in [0.15, 0.2) is 10.8 Å². The maximum absolute atomic E-state index is 4.78. The molecule has 0 aliphatic rings. The van der Waals surface area contributed by atoms with Gasteiger partial charge in [0.1, 0.15) is 0 Å². The monoisotopic (exact) mass is 382 g/mol. The first-order valence-electron chi connectivity index (χ1n) is 8.94. The highest BCUT2D eigenvalue weighted by atomic mass is 32.1. The van der Waals surface area contributed by atoms with Gasteiger partial charge in [0.2, 0.25) is 0 Å². The van der Waals surface area contributed by atoms with Crippen LogP contribution in [0.4, 0.5) is 0 Å². The first-order valence-corrected chi connectivity index (χ1v) is 9.75. The molecule has 0 bridgehead atoms. The minimum absolute atomic E-state index is 0.589. The van der Waals surface area contributed by atoms with E-state index in [-0.39, 0.29) is 0 Å². The minimum Gasteiger partial charge on any atom is -0.287 e. The Hall–Kier alpha value is -3.58. The van der Waals surface area contributed by atoms with Gasteiger partial charge >= 0.3 is 0 Å². The van der Waals surface area contributed by atoms with Crippen molar-refractivity contribution in [2.75, 3.05) is 0 Å². The number of imidazole rings is 1. The standard InChI is InChI=1S/C21H14N6S/c1-13-18(28-21-23-15-9-5-6-10-16(15)26(13)21)17-11-12-22-20-24-19(25-27(17)20)14-7-3-2-4-8-14/h2-12H,1H3. The van der Waals surface area contributed by atoms with Crippen LogP contribution in [-0.4, -0.2) is 29.0 Å². The molecule has 0 amide bonds. The number of hydrogen-bond acceptors (Lipinski definition) is 5. The molecule has 134 valence electrons. The van der Waals surface area contributed by atoms with Crippen LogP contribution in [0.2, 0.25) is 0 Å². The molecule has 0 saturated heterocycles. The van der Waals surface area contributed by atoms with Gasteiger partial charge in [-0.15, -0.1) is 5.10 Å². The van der Waals surface area contributed by atoms with Crippen LogP contribution in [0.25, 0.3) is 43.7 Å². The van der Waals surface area contributed by atoms with E-state index >= 15 is 0 Å². The Morgan fingerprint density at radius 1 is 0.893 bits per heavy atom. The second kappa shape index (κ2) is 5.71. The molecule has 6 rings (SSSR count). The fraction of sp³-hybridized carbons (Fsp3) is 0.0476. The van der Waals surface area contributed by atoms with Crippen LogP contribution >= 0.6 is 11.3 Å². The first-order chi connectivity index (χ1) is 13.8. The summed E-state index contributed by atoms with van der Waals surface area (Å²) in [6, 6.07) is 20.2. The van der Waals surface area contributed by atoms with E-state index in [0.717, 1.165) is 37.8 Å². The molecule has 2 aromatic carbocycles. The summed E-state index contributed by atoms with van der Waals surface area (Å²) in [5, 5.41) is 4.74. The van der Waals surface area contributed by atoms with E-state index in [1.54, 1.807) is 17.5 Å². The number of benzene rings is 2. The molecule has 0 radical (unpaired) electrons. The number of nitrogens with zero attached hydrogens (tertiary/aromatic N) is 6. The zero-order chi connectivity index (χ0) is 18.7. The first kappa shape index (κ1) is 15.5. The van der Waals surface area contributed by atoms with Crippen molar-refractivity contribution in [1.29, 1.82) is 0 Å². The molecule has 0 saturated carbocycles. The topological polar surface area (TPSA) is 60.4 Å². The summed E-state index contributed by atoms with van der Waals surface area (Å²) in [4.78, 5) is 15.9. The summed E-state index contributed by atoms with van der Waals surface area (Å²) in [7, 11) is 0. The third-order valence-corrected chi connectivity index (χ3v) is 6.06. The van der Waals surface area contributed by atoms with E-state index in [1.807, 2.05) is 59.1 Å². The van der Waals surface area contributed by atoms with Crippen molar-refractivity contribution in [1.82, 2.24) is 29.0 Å². The summed E-state index contributed by atoms with van der Waals surface area (Å²) in [6.07, 6.45) is 1.79. The van der Waals surface area contributed by atoms with Crippen molar-refractivity contribution >= 4 is 33.1 Å². The van der Waals surface area contributed by atoms with Crippen molar-refractivity contribution in [3.05, 3.63) is 72.6 Å². The fourth-order valence-electron chi connectivity index (χ4n) is 3.58. The predicted octanol–water partition coefficient (Wildman–Crippen LogP) is 4.63. The van der Waals surface area contributed by atoms with Crippen LogP contribution in [0.15, 0.2) is 66.9 Å². The van der Waals surface area contributed by atoms with E-state index in [1.165, 1.54) is 0 Å². The van der Waals surface area contributed by atoms with Gasteiger partial charge in [-0.2, -0.15) is 9.50 Å². The molecule has 0 fully saturated rings. The molecule has 6 nitrogen and oxygen atoms in total. The Morgan fingerprint density at radius 2 is 1.71 bits per heavy atom. The largest absolute Gasteiger partial charge is 0.287 e. The highest BCUT2D eigenvalue weighted by Gasteiger charge is 2.18. The Bertz CT molecular complexity index is 1470. The Balaban J connectivity index is 1.60. The van der Waals surface area contributed by atoms with Gasteiger partial charge < -0.3 is 0 Å². The van der Waals surface area contributed by atoms with Crippen LogP contribution in [0.3, 0.4) is 0 Å². The molecule has 0 unspecified atom stereocenters. The van der Waals surface area contributed by atoms with Crippen molar-refractivity contribution in [2.24, 2.45) is 0 Å². The quantitative estimate of drug-likeness (QED) is 0.438. The molecule has 0 aliphatic heterocycles. The minimum atomic E-state index is 0.589. The van der Waals surface area contributed by atoms with Gasteiger partial charge in [-0.25, -0.2) is 9.97 Å². The molecule has 4 heterocycles. The Kier molecular flexibility index (Phi) is 3.15. The highest BCUT2D eigenvalue weighted by Crippen LogP contribution is 2.35. The van der Waals surface area contributed by atoms with Gasteiger partial charge in [-0.3, -0.25) is 4.40 Å². The van der Waals surface area contributed by atoms with Gasteiger partial charge in [0.25, 0.3) is 5.78 Å². The van der Waals surface area contributed by atoms with Gasteiger partial charge in [0.05, 0.1) is 21.6 Å². The third-order valence-electron chi connectivity index (χ3n) is 4.89. The van der Waals surface area contributed by atoms with Crippen molar-refractivity contribution in [3.63, 3.8) is 0 Å². The molecule has 7 heteroatoms. The van der Waals surface area contributed by atoms with Crippen LogP contribution < -0.4 is 0 Å². The Labute approximate surface area is 163 Å². The highest BCUT2D eigenvalue weighted by molar-refractivity contribution is 7.20. The Morgan fingerprint density at radius 3 is 2.61 bits per heavy atom. The summed E-state index contributed by atoms with van der Waals surface area (Å²) < 4.78 is 4.03. The molecule has 0 spiro atoms. The van der Waals surface area contributed by atoms with E-state index in [2.05, 4.69) is 27.4 Å². The second-order valence-corrected chi connectivity index (χ2v) is 7.56. The summed E-state index contributed by atoms with van der Waals surface area (Å²) in [5.74, 6) is 1.26. The molecule has 0 atom stereocenters. The van der Waals surface area contributed by atoms with E-state index in [4.69, 9.17) is 10.1 Å². The number of fused-ring (bicyclic) bond motifs is 4. The van der Waals surface area contributed by atoms with Crippen LogP contribution in [0, 0.1) is 6.92 Å². The van der Waals surface area contributed by atoms with Crippen molar-refractivity contribution < 1.29 is 0 Å². The predicted molar refractivity (Wildman–Crippen MR) is 111 cm³/mol. The van der Waals surface area contributed by atoms with Crippen LogP contribution in [0.5, 0.6) is 0 Å². The van der Waals surface area contributed by atoms with E-state index in [0.29, 0.717) is 11.6 Å². The number of rotatable bonds is 2. The normalized spacial score (nSPS) is 11.8. The van der Waals surface area contributed by atoms with Gasteiger partial charge in [-0.05, 0) is 25.1 Å². The number of aryl methyl sites for hydroxylation is 1. The average Bonchev–Trinajstić information content (AvgIpc) is 3.41.